The van der Waals surface area contributed by atoms with E-state index in [1.54, 1.807) is 18.2 Å². The number of ether oxygens (including phenoxy) is 1. The molecule has 16 heavy (non-hydrogen) atoms. The second-order valence-electron chi connectivity index (χ2n) is 3.39. The van der Waals surface area contributed by atoms with E-state index < -0.39 is 0 Å². The maximum atomic E-state index is 13.2. The van der Waals surface area contributed by atoms with Crippen molar-refractivity contribution in [1.29, 1.82) is 0 Å². The molecule has 2 rings (SSSR count). The fraction of sp³-hybridized carbons (Fsp3) is 0.0769. The summed E-state index contributed by atoms with van der Waals surface area (Å²) in [6.07, 6.45) is 0. The first kappa shape index (κ1) is 11.0. The van der Waals surface area contributed by atoms with Crippen molar-refractivity contribution in [3.63, 3.8) is 0 Å². The normalized spacial score (nSPS) is 10.1. The molecule has 82 valence electrons. The molecular formula is C13H11FOS. The van der Waals surface area contributed by atoms with Crippen molar-refractivity contribution in [2.45, 2.75) is 11.5 Å². The quantitative estimate of drug-likeness (QED) is 0.797. The van der Waals surface area contributed by atoms with Crippen LogP contribution in [0.5, 0.6) is 5.75 Å². The van der Waals surface area contributed by atoms with Crippen LogP contribution in [-0.4, -0.2) is 0 Å². The summed E-state index contributed by atoms with van der Waals surface area (Å²) in [5.74, 6) is -0.0641. The van der Waals surface area contributed by atoms with E-state index in [0.717, 1.165) is 10.5 Å². The van der Waals surface area contributed by atoms with Gasteiger partial charge in [-0.1, -0.05) is 24.3 Å². The molecule has 0 amide bonds. The van der Waals surface area contributed by atoms with Gasteiger partial charge in [-0.05, 0) is 29.8 Å². The van der Waals surface area contributed by atoms with Crippen LogP contribution in [0.2, 0.25) is 0 Å². The summed E-state index contributed by atoms with van der Waals surface area (Å²) in [6.45, 7) is 0.356. The lowest BCUT2D eigenvalue weighted by Gasteiger charge is -2.06. The summed E-state index contributed by atoms with van der Waals surface area (Å²) in [5, 5.41) is 0. The predicted molar refractivity (Wildman–Crippen MR) is 64.4 cm³/mol. The van der Waals surface area contributed by atoms with Crippen LogP contribution in [0.4, 0.5) is 4.39 Å². The lowest BCUT2D eigenvalue weighted by molar-refractivity contribution is 0.290. The zero-order valence-corrected chi connectivity index (χ0v) is 9.45. The van der Waals surface area contributed by atoms with E-state index >= 15 is 0 Å². The Kier molecular flexibility index (Phi) is 3.47. The van der Waals surface area contributed by atoms with E-state index in [1.165, 1.54) is 6.07 Å². The van der Waals surface area contributed by atoms with E-state index in [1.807, 2.05) is 24.3 Å². The molecule has 1 nitrogen and oxygen atoms in total. The summed E-state index contributed by atoms with van der Waals surface area (Å²) in [4.78, 5) is 0.898. The van der Waals surface area contributed by atoms with Crippen molar-refractivity contribution in [3.05, 3.63) is 59.9 Å². The minimum Gasteiger partial charge on any atom is -0.486 e. The molecule has 0 aromatic heterocycles. The van der Waals surface area contributed by atoms with Gasteiger partial charge < -0.3 is 4.74 Å². The molecule has 0 aliphatic heterocycles. The van der Waals surface area contributed by atoms with Crippen LogP contribution < -0.4 is 4.74 Å². The third-order valence-corrected chi connectivity index (χ3v) is 2.47. The van der Waals surface area contributed by atoms with Crippen LogP contribution in [-0.2, 0) is 6.61 Å². The molecule has 0 atom stereocenters. The van der Waals surface area contributed by atoms with Crippen molar-refractivity contribution in [2.75, 3.05) is 0 Å². The molecule has 2 aromatic rings. The van der Waals surface area contributed by atoms with Crippen LogP contribution >= 0.6 is 12.6 Å². The number of hydrogen-bond acceptors (Lipinski definition) is 2. The zero-order valence-electron chi connectivity index (χ0n) is 8.56. The Labute approximate surface area is 99.3 Å². The Bertz CT molecular complexity index is 468. The molecule has 0 N–H and O–H groups in total. The van der Waals surface area contributed by atoms with Gasteiger partial charge in [0.1, 0.15) is 6.61 Å². The third kappa shape index (κ3) is 2.76. The SMILES string of the molecule is Fc1ccccc1OCc1ccc(S)cc1. The maximum absolute atomic E-state index is 13.2. The van der Waals surface area contributed by atoms with E-state index in [2.05, 4.69) is 12.6 Å². The third-order valence-electron chi connectivity index (χ3n) is 2.17. The van der Waals surface area contributed by atoms with Gasteiger partial charge >= 0.3 is 0 Å². The van der Waals surface area contributed by atoms with Crippen LogP contribution in [0.15, 0.2) is 53.4 Å². The van der Waals surface area contributed by atoms with Crippen molar-refractivity contribution in [2.24, 2.45) is 0 Å². The van der Waals surface area contributed by atoms with Crippen molar-refractivity contribution >= 4 is 12.6 Å². The lowest BCUT2D eigenvalue weighted by Crippen LogP contribution is -1.96. The first-order chi connectivity index (χ1) is 7.75. The van der Waals surface area contributed by atoms with Gasteiger partial charge in [0.2, 0.25) is 0 Å². The first-order valence-corrected chi connectivity index (χ1v) is 5.35. The molecule has 0 bridgehead atoms. The van der Waals surface area contributed by atoms with Gasteiger partial charge in [0.25, 0.3) is 0 Å². The molecule has 0 fully saturated rings. The molecular weight excluding hydrogens is 223 g/mol. The van der Waals surface area contributed by atoms with Gasteiger partial charge in [0, 0.05) is 4.90 Å². The highest BCUT2D eigenvalue weighted by molar-refractivity contribution is 7.80. The zero-order chi connectivity index (χ0) is 11.4. The van der Waals surface area contributed by atoms with Gasteiger partial charge in [-0.2, -0.15) is 0 Å². The smallest absolute Gasteiger partial charge is 0.165 e. The Morgan fingerprint density at radius 3 is 2.38 bits per heavy atom. The number of thiol groups is 1. The van der Waals surface area contributed by atoms with Gasteiger partial charge in [-0.15, -0.1) is 12.6 Å². The average molecular weight is 234 g/mol. The molecule has 0 aliphatic rings. The van der Waals surface area contributed by atoms with Crippen LogP contribution in [0, 0.1) is 5.82 Å². The first-order valence-electron chi connectivity index (χ1n) is 4.91. The topological polar surface area (TPSA) is 9.23 Å². The summed E-state index contributed by atoms with van der Waals surface area (Å²) >= 11 is 4.19. The number of hydrogen-bond donors (Lipinski definition) is 1. The summed E-state index contributed by atoms with van der Waals surface area (Å²) in [6, 6.07) is 13.9. The van der Waals surface area contributed by atoms with Gasteiger partial charge in [0.05, 0.1) is 0 Å². The number of halogens is 1. The van der Waals surface area contributed by atoms with E-state index in [9.17, 15) is 4.39 Å². The van der Waals surface area contributed by atoms with E-state index in [0.29, 0.717) is 6.61 Å². The minimum absolute atomic E-state index is 0.275. The van der Waals surface area contributed by atoms with E-state index in [4.69, 9.17) is 4.74 Å². The van der Waals surface area contributed by atoms with Crippen LogP contribution in [0.1, 0.15) is 5.56 Å². The van der Waals surface area contributed by atoms with Crippen molar-refractivity contribution in [1.82, 2.24) is 0 Å². The number of benzene rings is 2. The number of rotatable bonds is 3. The Balaban J connectivity index is 2.02. The summed E-state index contributed by atoms with van der Waals surface area (Å²) < 4.78 is 18.6. The second kappa shape index (κ2) is 5.03. The van der Waals surface area contributed by atoms with Crippen molar-refractivity contribution < 1.29 is 9.13 Å². The fourth-order valence-electron chi connectivity index (χ4n) is 1.32. The molecule has 0 heterocycles. The predicted octanol–water partition coefficient (Wildman–Crippen LogP) is 3.69. The van der Waals surface area contributed by atoms with Gasteiger partial charge in [0.15, 0.2) is 11.6 Å². The molecule has 0 unspecified atom stereocenters. The van der Waals surface area contributed by atoms with Crippen molar-refractivity contribution in [3.8, 4) is 5.75 Å². The summed E-state index contributed by atoms with van der Waals surface area (Å²) in [5.41, 5.74) is 0.987. The largest absolute Gasteiger partial charge is 0.486 e. The van der Waals surface area contributed by atoms with Gasteiger partial charge in [-0.25, -0.2) is 4.39 Å². The van der Waals surface area contributed by atoms with E-state index in [-0.39, 0.29) is 11.6 Å². The molecule has 0 aliphatic carbocycles. The maximum Gasteiger partial charge on any atom is 0.165 e. The highest BCUT2D eigenvalue weighted by atomic mass is 32.1. The number of para-hydroxylation sites is 1. The molecule has 0 radical (unpaired) electrons. The Hall–Kier alpha value is -1.48. The Morgan fingerprint density at radius 2 is 1.69 bits per heavy atom. The van der Waals surface area contributed by atoms with Crippen LogP contribution in [0.3, 0.4) is 0 Å². The fourth-order valence-corrected chi connectivity index (χ4v) is 1.46. The lowest BCUT2D eigenvalue weighted by atomic mass is 10.2. The molecule has 0 saturated heterocycles. The molecule has 2 aromatic carbocycles. The molecule has 0 spiro atoms. The highest BCUT2D eigenvalue weighted by Gasteiger charge is 2.01. The summed E-state index contributed by atoms with van der Waals surface area (Å²) in [7, 11) is 0. The van der Waals surface area contributed by atoms with Crippen LogP contribution in [0.25, 0.3) is 0 Å². The van der Waals surface area contributed by atoms with Gasteiger partial charge in [-0.3, -0.25) is 0 Å². The molecule has 3 heteroatoms. The monoisotopic (exact) mass is 234 g/mol. The average Bonchev–Trinajstić information content (AvgIpc) is 2.30. The second-order valence-corrected chi connectivity index (χ2v) is 3.90. The Morgan fingerprint density at radius 1 is 1.00 bits per heavy atom. The highest BCUT2D eigenvalue weighted by Crippen LogP contribution is 2.17. The molecule has 0 saturated carbocycles. The minimum atomic E-state index is -0.340. The standard InChI is InChI=1S/C13H11FOS/c14-12-3-1-2-4-13(12)15-9-10-5-7-11(16)8-6-10/h1-8,16H,9H2.